The summed E-state index contributed by atoms with van der Waals surface area (Å²) in [5.74, 6) is -1.89. The van der Waals surface area contributed by atoms with Crippen molar-refractivity contribution in [3.05, 3.63) is 42.0 Å². The third-order valence-corrected chi connectivity index (χ3v) is 3.02. The Hall–Kier alpha value is -3.09. The lowest BCUT2D eigenvalue weighted by molar-refractivity contribution is -0.121. The fraction of sp³-hybridized carbons (Fsp3) is 0.0714. The highest BCUT2D eigenvalue weighted by Crippen LogP contribution is 2.24. The number of hydrogen-bond donors (Lipinski definition) is 0. The van der Waals surface area contributed by atoms with Gasteiger partial charge in [0.1, 0.15) is 11.6 Å². The molecule has 0 atom stereocenters. The van der Waals surface area contributed by atoms with Gasteiger partial charge in [0.25, 0.3) is 23.6 Å². The second-order valence-electron chi connectivity index (χ2n) is 4.55. The van der Waals surface area contributed by atoms with Crippen LogP contribution in [0.2, 0.25) is 0 Å². The molecule has 0 bridgehead atoms. The van der Waals surface area contributed by atoms with Gasteiger partial charge in [-0.1, -0.05) is 0 Å². The number of pyridine rings is 1. The summed E-state index contributed by atoms with van der Waals surface area (Å²) < 4.78 is 0. The highest BCUT2D eigenvalue weighted by molar-refractivity contribution is 6.29. The van der Waals surface area contributed by atoms with Gasteiger partial charge in [0, 0.05) is 24.3 Å². The number of carbonyl (C=O) groups excluding carboxylic acids is 4. The van der Waals surface area contributed by atoms with E-state index in [-0.39, 0.29) is 11.6 Å². The van der Waals surface area contributed by atoms with Crippen LogP contribution in [0, 0.1) is 6.92 Å². The van der Waals surface area contributed by atoms with Gasteiger partial charge in [0.05, 0.1) is 0 Å². The Balaban J connectivity index is 2.05. The van der Waals surface area contributed by atoms with Crippen LogP contribution in [0.1, 0.15) is 5.56 Å². The summed E-state index contributed by atoms with van der Waals surface area (Å²) in [6.07, 6.45) is 4.55. The summed E-state index contributed by atoms with van der Waals surface area (Å²) in [4.78, 5) is 52.6. The lowest BCUT2D eigenvalue weighted by Crippen LogP contribution is -2.33. The van der Waals surface area contributed by atoms with Crippen molar-refractivity contribution in [2.24, 2.45) is 0 Å². The minimum Gasteiger partial charge on any atom is -0.269 e. The molecule has 0 N–H and O–H groups in total. The lowest BCUT2D eigenvalue weighted by atomic mass is 10.2. The fourth-order valence-corrected chi connectivity index (χ4v) is 2.11. The summed E-state index contributed by atoms with van der Waals surface area (Å²) in [7, 11) is 0. The number of imide groups is 2. The summed E-state index contributed by atoms with van der Waals surface area (Å²) in [5.41, 5.74) is 0.662. The van der Waals surface area contributed by atoms with Crippen molar-refractivity contribution >= 4 is 35.3 Å². The van der Waals surface area contributed by atoms with E-state index >= 15 is 0 Å². The molecule has 7 nitrogen and oxygen atoms in total. The van der Waals surface area contributed by atoms with Crippen molar-refractivity contribution in [3.63, 3.8) is 0 Å². The maximum atomic E-state index is 11.7. The zero-order valence-corrected chi connectivity index (χ0v) is 10.9. The molecule has 1 aromatic heterocycles. The van der Waals surface area contributed by atoms with Crippen LogP contribution < -0.4 is 9.80 Å². The van der Waals surface area contributed by atoms with E-state index in [9.17, 15) is 19.2 Å². The number of hydrogen-bond acceptors (Lipinski definition) is 5. The Morgan fingerprint density at radius 3 is 1.38 bits per heavy atom. The maximum Gasteiger partial charge on any atom is 0.259 e. The molecule has 104 valence electrons. The topological polar surface area (TPSA) is 87.7 Å². The quantitative estimate of drug-likeness (QED) is 0.726. The Labute approximate surface area is 119 Å². The number of amides is 4. The van der Waals surface area contributed by atoms with Gasteiger partial charge in [-0.05, 0) is 24.6 Å². The van der Waals surface area contributed by atoms with E-state index in [0.29, 0.717) is 5.56 Å². The van der Waals surface area contributed by atoms with E-state index in [1.54, 1.807) is 6.92 Å². The maximum absolute atomic E-state index is 11.7. The third-order valence-electron chi connectivity index (χ3n) is 3.02. The normalized spacial score (nSPS) is 17.6. The summed E-state index contributed by atoms with van der Waals surface area (Å²) in [6.45, 7) is 1.71. The summed E-state index contributed by atoms with van der Waals surface area (Å²) in [5, 5.41) is 0. The third kappa shape index (κ3) is 2.04. The van der Waals surface area contributed by atoms with Gasteiger partial charge in [-0.2, -0.15) is 0 Å². The Morgan fingerprint density at radius 2 is 1.05 bits per heavy atom. The van der Waals surface area contributed by atoms with Gasteiger partial charge in [-0.25, -0.2) is 14.8 Å². The van der Waals surface area contributed by atoms with Crippen LogP contribution in [0.4, 0.5) is 11.6 Å². The van der Waals surface area contributed by atoms with Crippen LogP contribution >= 0.6 is 0 Å². The van der Waals surface area contributed by atoms with E-state index in [0.717, 1.165) is 34.1 Å². The van der Waals surface area contributed by atoms with Crippen LogP contribution in [0.5, 0.6) is 0 Å². The number of nitrogens with zero attached hydrogens (tertiary/aromatic N) is 3. The molecule has 0 aliphatic carbocycles. The minimum atomic E-state index is -0.513. The first-order valence-corrected chi connectivity index (χ1v) is 6.08. The molecule has 21 heavy (non-hydrogen) atoms. The first-order chi connectivity index (χ1) is 9.97. The Morgan fingerprint density at radius 1 is 0.714 bits per heavy atom. The predicted octanol–water partition coefficient (Wildman–Crippen LogP) is 0.249. The van der Waals surface area contributed by atoms with E-state index in [1.165, 1.54) is 12.1 Å². The van der Waals surface area contributed by atoms with Gasteiger partial charge in [0.15, 0.2) is 0 Å². The molecule has 2 aliphatic rings. The smallest absolute Gasteiger partial charge is 0.259 e. The number of aryl methyl sites for hydroxylation is 1. The standard InChI is InChI=1S/C14H9N3O4/c1-8-6-9(16-11(18)2-3-12(16)19)15-10(7-8)17-13(20)4-5-14(17)21/h2-7H,1H3. The summed E-state index contributed by atoms with van der Waals surface area (Å²) >= 11 is 0. The van der Waals surface area contributed by atoms with Crippen molar-refractivity contribution in [2.45, 2.75) is 6.92 Å². The Kier molecular flexibility index (Phi) is 2.76. The minimum absolute atomic E-state index is 0.0810. The first kappa shape index (κ1) is 12.9. The fourth-order valence-electron chi connectivity index (χ4n) is 2.11. The molecule has 0 saturated heterocycles. The number of anilines is 2. The van der Waals surface area contributed by atoms with E-state index < -0.39 is 23.6 Å². The second kappa shape index (κ2) is 4.48. The van der Waals surface area contributed by atoms with Gasteiger partial charge >= 0.3 is 0 Å². The van der Waals surface area contributed by atoms with Crippen LogP contribution in [0.3, 0.4) is 0 Å². The predicted molar refractivity (Wildman–Crippen MR) is 72.2 cm³/mol. The van der Waals surface area contributed by atoms with Gasteiger partial charge in [-0.3, -0.25) is 19.2 Å². The van der Waals surface area contributed by atoms with E-state index in [2.05, 4.69) is 4.98 Å². The molecule has 3 rings (SSSR count). The molecule has 0 radical (unpaired) electrons. The van der Waals surface area contributed by atoms with Crippen molar-refractivity contribution < 1.29 is 19.2 Å². The van der Waals surface area contributed by atoms with Crippen LogP contribution in [-0.2, 0) is 19.2 Å². The monoisotopic (exact) mass is 283 g/mol. The molecule has 0 aromatic carbocycles. The summed E-state index contributed by atoms with van der Waals surface area (Å²) in [6, 6.07) is 3.06. The molecular formula is C14H9N3O4. The van der Waals surface area contributed by atoms with Gasteiger partial charge in [0.2, 0.25) is 0 Å². The average Bonchev–Trinajstić information content (AvgIpc) is 2.92. The van der Waals surface area contributed by atoms with Crippen molar-refractivity contribution in [2.75, 3.05) is 9.80 Å². The van der Waals surface area contributed by atoms with E-state index in [1.807, 2.05) is 0 Å². The van der Waals surface area contributed by atoms with Crippen molar-refractivity contribution in [3.8, 4) is 0 Å². The molecular weight excluding hydrogens is 274 g/mol. The van der Waals surface area contributed by atoms with Crippen LogP contribution in [-0.4, -0.2) is 28.6 Å². The zero-order chi connectivity index (χ0) is 15.1. The van der Waals surface area contributed by atoms with Crippen molar-refractivity contribution in [1.82, 2.24) is 4.98 Å². The van der Waals surface area contributed by atoms with Crippen LogP contribution in [0.25, 0.3) is 0 Å². The van der Waals surface area contributed by atoms with Gasteiger partial charge in [-0.15, -0.1) is 0 Å². The zero-order valence-electron chi connectivity index (χ0n) is 10.9. The Bertz CT molecular complexity index is 667. The molecule has 0 saturated carbocycles. The van der Waals surface area contributed by atoms with Gasteiger partial charge < -0.3 is 0 Å². The SMILES string of the molecule is Cc1cc(N2C(=O)C=CC2=O)nc(N2C(=O)C=CC2=O)c1. The van der Waals surface area contributed by atoms with Crippen molar-refractivity contribution in [1.29, 1.82) is 0 Å². The molecule has 0 fully saturated rings. The number of aromatic nitrogens is 1. The largest absolute Gasteiger partial charge is 0.269 e. The number of carbonyl (C=O) groups is 4. The molecule has 2 aliphatic heterocycles. The molecule has 1 aromatic rings. The second-order valence-corrected chi connectivity index (χ2v) is 4.55. The molecule has 0 spiro atoms. The number of rotatable bonds is 2. The molecule has 0 unspecified atom stereocenters. The first-order valence-electron chi connectivity index (χ1n) is 6.08. The molecule has 3 heterocycles. The average molecular weight is 283 g/mol. The van der Waals surface area contributed by atoms with E-state index in [4.69, 9.17) is 0 Å². The lowest BCUT2D eigenvalue weighted by Gasteiger charge is -2.18. The highest BCUT2D eigenvalue weighted by atomic mass is 16.2. The van der Waals surface area contributed by atoms with Crippen LogP contribution in [0.15, 0.2) is 36.4 Å². The molecule has 4 amide bonds. The highest BCUT2D eigenvalue weighted by Gasteiger charge is 2.30. The molecule has 7 heteroatoms.